The monoisotopic (exact) mass is 458 g/mol. The van der Waals surface area contributed by atoms with E-state index in [1.807, 2.05) is 94.4 Å². The van der Waals surface area contributed by atoms with Crippen LogP contribution in [-0.4, -0.2) is 24.5 Å². The molecule has 6 aromatic rings. The topological polar surface area (TPSA) is 83.8 Å². The zero-order valence-electron chi connectivity index (χ0n) is 18.8. The second kappa shape index (κ2) is 8.79. The molecule has 0 bridgehead atoms. The molecule has 6 rings (SSSR count). The second-order valence-electron chi connectivity index (χ2n) is 8.17. The van der Waals surface area contributed by atoms with Crippen LogP contribution in [0, 0.1) is 0 Å². The number of aromatic nitrogens is 5. The first kappa shape index (κ1) is 20.7. The fourth-order valence-electron chi connectivity index (χ4n) is 4.13. The molecule has 3 aromatic heterocycles. The van der Waals surface area contributed by atoms with Crippen LogP contribution in [0.4, 0.5) is 5.82 Å². The Morgan fingerprint density at radius 3 is 2.29 bits per heavy atom. The standard InChI is InChI=1S/C28H22N6O/c29-28-26-25(34(32-28)22-17-31-33(19-22)18-20-7-3-1-4-8-20)15-16-30-27(26)21-11-13-24(14-12-21)35-23-9-5-2-6-10-23/h1-17,19H,18H2,(H2,29,32). The highest BCUT2D eigenvalue weighted by atomic mass is 16.5. The average molecular weight is 459 g/mol. The van der Waals surface area contributed by atoms with Gasteiger partial charge < -0.3 is 10.5 Å². The summed E-state index contributed by atoms with van der Waals surface area (Å²) in [5, 5.41) is 9.94. The van der Waals surface area contributed by atoms with Crippen LogP contribution >= 0.6 is 0 Å². The van der Waals surface area contributed by atoms with Crippen molar-refractivity contribution in [3.05, 3.63) is 115 Å². The van der Waals surface area contributed by atoms with Crippen LogP contribution < -0.4 is 10.5 Å². The lowest BCUT2D eigenvalue weighted by Crippen LogP contribution is -2.00. The van der Waals surface area contributed by atoms with Crippen LogP contribution in [0.15, 0.2) is 110 Å². The van der Waals surface area contributed by atoms with E-state index in [1.54, 1.807) is 12.4 Å². The van der Waals surface area contributed by atoms with E-state index in [-0.39, 0.29) is 0 Å². The molecule has 0 radical (unpaired) electrons. The van der Waals surface area contributed by atoms with E-state index in [0.717, 1.165) is 39.3 Å². The van der Waals surface area contributed by atoms with Crippen LogP contribution in [0.1, 0.15) is 5.56 Å². The van der Waals surface area contributed by atoms with E-state index in [4.69, 9.17) is 10.5 Å². The van der Waals surface area contributed by atoms with Gasteiger partial charge in [-0.1, -0.05) is 48.5 Å². The molecular formula is C28H22N6O. The number of hydrogen-bond donors (Lipinski definition) is 1. The highest BCUT2D eigenvalue weighted by molar-refractivity contribution is 6.00. The number of hydrogen-bond acceptors (Lipinski definition) is 5. The third-order valence-electron chi connectivity index (χ3n) is 5.78. The van der Waals surface area contributed by atoms with Crippen LogP contribution in [0.2, 0.25) is 0 Å². The molecule has 7 nitrogen and oxygen atoms in total. The molecule has 3 heterocycles. The Morgan fingerprint density at radius 1 is 0.800 bits per heavy atom. The Bertz CT molecular complexity index is 1590. The van der Waals surface area contributed by atoms with Gasteiger partial charge in [-0.2, -0.15) is 5.10 Å². The predicted molar refractivity (Wildman–Crippen MR) is 137 cm³/mol. The summed E-state index contributed by atoms with van der Waals surface area (Å²) in [6.45, 7) is 0.680. The summed E-state index contributed by atoms with van der Waals surface area (Å²) >= 11 is 0. The number of nitrogen functional groups attached to an aromatic ring is 1. The third kappa shape index (κ3) is 4.11. The van der Waals surface area contributed by atoms with Gasteiger partial charge in [-0.15, -0.1) is 5.10 Å². The number of fused-ring (bicyclic) bond motifs is 1. The van der Waals surface area contributed by atoms with Crippen molar-refractivity contribution in [2.45, 2.75) is 6.54 Å². The molecule has 0 aliphatic rings. The van der Waals surface area contributed by atoms with Crippen molar-refractivity contribution in [1.82, 2.24) is 24.5 Å². The maximum atomic E-state index is 6.39. The van der Waals surface area contributed by atoms with Crippen molar-refractivity contribution >= 4 is 16.7 Å². The van der Waals surface area contributed by atoms with Gasteiger partial charge >= 0.3 is 0 Å². The summed E-state index contributed by atoms with van der Waals surface area (Å²) in [7, 11) is 0. The fourth-order valence-corrected chi connectivity index (χ4v) is 4.13. The largest absolute Gasteiger partial charge is 0.457 e. The first-order valence-electron chi connectivity index (χ1n) is 11.3. The summed E-state index contributed by atoms with van der Waals surface area (Å²) in [5.41, 5.74) is 11.0. The molecule has 0 aliphatic carbocycles. The van der Waals surface area contributed by atoms with Gasteiger partial charge in [-0.25, -0.2) is 4.68 Å². The quantitative estimate of drug-likeness (QED) is 0.346. The lowest BCUT2D eigenvalue weighted by molar-refractivity contribution is 0.483. The highest BCUT2D eigenvalue weighted by Crippen LogP contribution is 2.33. The molecule has 0 spiro atoms. The minimum Gasteiger partial charge on any atom is -0.457 e. The van der Waals surface area contributed by atoms with Crippen molar-refractivity contribution in [3.8, 4) is 28.4 Å². The Balaban J connectivity index is 1.32. The van der Waals surface area contributed by atoms with Crippen LogP contribution in [0.5, 0.6) is 11.5 Å². The van der Waals surface area contributed by atoms with E-state index < -0.39 is 0 Å². The van der Waals surface area contributed by atoms with Gasteiger partial charge in [-0.05, 0) is 48.0 Å². The number of rotatable bonds is 6. The molecule has 0 saturated heterocycles. The Hall–Kier alpha value is -4.91. The van der Waals surface area contributed by atoms with E-state index in [0.29, 0.717) is 12.4 Å². The van der Waals surface area contributed by atoms with E-state index >= 15 is 0 Å². The third-order valence-corrected chi connectivity index (χ3v) is 5.78. The van der Waals surface area contributed by atoms with Crippen molar-refractivity contribution in [2.24, 2.45) is 0 Å². The Labute approximate surface area is 202 Å². The minimum absolute atomic E-state index is 0.420. The maximum Gasteiger partial charge on any atom is 0.156 e. The number of pyridine rings is 1. The van der Waals surface area contributed by atoms with Gasteiger partial charge in [0.1, 0.15) is 17.2 Å². The van der Waals surface area contributed by atoms with Gasteiger partial charge in [0.15, 0.2) is 5.82 Å². The fraction of sp³-hybridized carbons (Fsp3) is 0.0357. The molecule has 170 valence electrons. The second-order valence-corrected chi connectivity index (χ2v) is 8.17. The smallest absolute Gasteiger partial charge is 0.156 e. The summed E-state index contributed by atoms with van der Waals surface area (Å²) < 4.78 is 9.62. The molecule has 0 unspecified atom stereocenters. The normalized spacial score (nSPS) is 11.1. The molecule has 35 heavy (non-hydrogen) atoms. The summed E-state index contributed by atoms with van der Waals surface area (Å²) in [5.74, 6) is 1.96. The molecule has 0 amide bonds. The van der Waals surface area contributed by atoms with Crippen LogP contribution in [0.25, 0.3) is 27.8 Å². The zero-order chi connectivity index (χ0) is 23.6. The minimum atomic E-state index is 0.420. The predicted octanol–water partition coefficient (Wildman–Crippen LogP) is 5.71. The number of ether oxygens (including phenoxy) is 1. The van der Waals surface area contributed by atoms with E-state index in [1.165, 1.54) is 5.56 Å². The summed E-state index contributed by atoms with van der Waals surface area (Å²) in [4.78, 5) is 4.62. The zero-order valence-corrected chi connectivity index (χ0v) is 18.8. The van der Waals surface area contributed by atoms with Crippen molar-refractivity contribution in [3.63, 3.8) is 0 Å². The Morgan fingerprint density at radius 2 is 1.51 bits per heavy atom. The summed E-state index contributed by atoms with van der Waals surface area (Å²) in [6.07, 6.45) is 5.54. The van der Waals surface area contributed by atoms with Crippen molar-refractivity contribution in [1.29, 1.82) is 0 Å². The first-order chi connectivity index (χ1) is 17.2. The van der Waals surface area contributed by atoms with Gasteiger partial charge in [0.05, 0.1) is 35.5 Å². The average Bonchev–Trinajstić information content (AvgIpc) is 3.50. The number of nitrogens with two attached hydrogens (primary N) is 1. The number of anilines is 1. The summed E-state index contributed by atoms with van der Waals surface area (Å²) in [6, 6.07) is 29.6. The molecule has 0 atom stereocenters. The van der Waals surface area contributed by atoms with Crippen LogP contribution in [-0.2, 0) is 6.54 Å². The van der Waals surface area contributed by atoms with Crippen LogP contribution in [0.3, 0.4) is 0 Å². The number of para-hydroxylation sites is 1. The lowest BCUT2D eigenvalue weighted by atomic mass is 10.1. The molecular weight excluding hydrogens is 436 g/mol. The number of benzene rings is 3. The maximum absolute atomic E-state index is 6.39. The molecule has 2 N–H and O–H groups in total. The highest BCUT2D eigenvalue weighted by Gasteiger charge is 2.17. The van der Waals surface area contributed by atoms with Gasteiger partial charge in [0, 0.05) is 11.8 Å². The molecule has 0 saturated carbocycles. The van der Waals surface area contributed by atoms with E-state index in [2.05, 4.69) is 27.3 Å². The molecule has 3 aromatic carbocycles. The molecule has 0 fully saturated rings. The molecule has 7 heteroatoms. The van der Waals surface area contributed by atoms with Crippen molar-refractivity contribution < 1.29 is 4.74 Å². The number of nitrogens with zero attached hydrogens (tertiary/aromatic N) is 5. The van der Waals surface area contributed by atoms with Gasteiger partial charge in [-0.3, -0.25) is 9.67 Å². The molecule has 0 aliphatic heterocycles. The van der Waals surface area contributed by atoms with Gasteiger partial charge in [0.2, 0.25) is 0 Å². The van der Waals surface area contributed by atoms with Gasteiger partial charge in [0.25, 0.3) is 0 Å². The van der Waals surface area contributed by atoms with Crippen molar-refractivity contribution in [2.75, 3.05) is 5.73 Å². The first-order valence-corrected chi connectivity index (χ1v) is 11.3. The lowest BCUT2D eigenvalue weighted by Gasteiger charge is -2.07. The Kier molecular flexibility index (Phi) is 5.20. The SMILES string of the molecule is Nc1nn(-c2cnn(Cc3ccccc3)c2)c2ccnc(-c3ccc(Oc4ccccc4)cc3)c12. The van der Waals surface area contributed by atoms with E-state index in [9.17, 15) is 0 Å².